The van der Waals surface area contributed by atoms with E-state index in [2.05, 4.69) is 57.3 Å². The van der Waals surface area contributed by atoms with Gasteiger partial charge in [0, 0.05) is 6.54 Å². The molecule has 0 radical (unpaired) electrons. The second kappa shape index (κ2) is 8.31. The van der Waals surface area contributed by atoms with Crippen LogP contribution in [0, 0.1) is 11.8 Å². The van der Waals surface area contributed by atoms with Crippen molar-refractivity contribution in [2.45, 2.75) is 53.5 Å². The van der Waals surface area contributed by atoms with Crippen molar-refractivity contribution in [3.8, 4) is 0 Å². The summed E-state index contributed by atoms with van der Waals surface area (Å²) in [5.41, 5.74) is 2.85. The first-order valence-electron chi connectivity index (χ1n) is 7.36. The van der Waals surface area contributed by atoms with Gasteiger partial charge in [0.25, 0.3) is 0 Å². The van der Waals surface area contributed by atoms with Gasteiger partial charge in [0.2, 0.25) is 0 Å². The van der Waals surface area contributed by atoms with E-state index in [0.29, 0.717) is 0 Å². The van der Waals surface area contributed by atoms with Crippen molar-refractivity contribution in [1.82, 2.24) is 5.32 Å². The number of benzene rings is 1. The zero-order valence-electron chi connectivity index (χ0n) is 12.5. The Morgan fingerprint density at radius 3 is 2.06 bits per heavy atom. The third kappa shape index (κ3) is 6.80. The fourth-order valence-electron chi connectivity index (χ4n) is 2.13. The standard InChI is InChI=1S/C17H29N/c1-14(2)6-5-11-18-13-17-9-7-16(8-10-17)12-15(3)4/h7-10,14-15,18H,5-6,11-13H2,1-4H3. The number of hydrogen-bond acceptors (Lipinski definition) is 1. The van der Waals surface area contributed by atoms with Gasteiger partial charge in [-0.25, -0.2) is 0 Å². The predicted octanol–water partition coefficient (Wildman–Crippen LogP) is 4.41. The Morgan fingerprint density at radius 1 is 0.889 bits per heavy atom. The maximum Gasteiger partial charge on any atom is 0.0205 e. The molecule has 0 heterocycles. The van der Waals surface area contributed by atoms with E-state index >= 15 is 0 Å². The van der Waals surface area contributed by atoms with Crippen LogP contribution in [0.2, 0.25) is 0 Å². The molecule has 0 aliphatic heterocycles. The molecule has 102 valence electrons. The van der Waals surface area contributed by atoms with E-state index in [4.69, 9.17) is 0 Å². The largest absolute Gasteiger partial charge is 0.313 e. The van der Waals surface area contributed by atoms with E-state index in [1.54, 1.807) is 0 Å². The molecule has 0 atom stereocenters. The molecule has 1 nitrogen and oxygen atoms in total. The summed E-state index contributed by atoms with van der Waals surface area (Å²) in [6, 6.07) is 9.05. The SMILES string of the molecule is CC(C)CCCNCc1ccc(CC(C)C)cc1. The molecule has 18 heavy (non-hydrogen) atoms. The molecule has 0 aromatic heterocycles. The number of hydrogen-bond donors (Lipinski definition) is 1. The zero-order valence-corrected chi connectivity index (χ0v) is 12.5. The van der Waals surface area contributed by atoms with Crippen LogP contribution in [0.4, 0.5) is 0 Å². The van der Waals surface area contributed by atoms with Gasteiger partial charge >= 0.3 is 0 Å². The van der Waals surface area contributed by atoms with E-state index in [-0.39, 0.29) is 0 Å². The summed E-state index contributed by atoms with van der Waals surface area (Å²) < 4.78 is 0. The molecule has 0 aliphatic carbocycles. The minimum atomic E-state index is 0.741. The fraction of sp³-hybridized carbons (Fsp3) is 0.647. The summed E-state index contributed by atoms with van der Waals surface area (Å²) in [6.07, 6.45) is 3.78. The van der Waals surface area contributed by atoms with Gasteiger partial charge in [-0.3, -0.25) is 0 Å². The first-order valence-corrected chi connectivity index (χ1v) is 7.36. The van der Waals surface area contributed by atoms with Crippen LogP contribution < -0.4 is 5.32 Å². The highest BCUT2D eigenvalue weighted by Crippen LogP contribution is 2.09. The monoisotopic (exact) mass is 247 g/mol. The lowest BCUT2D eigenvalue weighted by molar-refractivity contribution is 0.527. The van der Waals surface area contributed by atoms with Gasteiger partial charge in [0.05, 0.1) is 0 Å². The summed E-state index contributed by atoms with van der Waals surface area (Å²) >= 11 is 0. The van der Waals surface area contributed by atoms with Crippen molar-refractivity contribution >= 4 is 0 Å². The number of rotatable bonds is 8. The summed E-state index contributed by atoms with van der Waals surface area (Å²) in [5.74, 6) is 1.56. The van der Waals surface area contributed by atoms with Gasteiger partial charge in [0.15, 0.2) is 0 Å². The minimum Gasteiger partial charge on any atom is -0.313 e. The molecule has 0 saturated carbocycles. The summed E-state index contributed by atoms with van der Waals surface area (Å²) in [7, 11) is 0. The second-order valence-corrected chi connectivity index (χ2v) is 6.13. The lowest BCUT2D eigenvalue weighted by Gasteiger charge is -2.08. The average Bonchev–Trinajstić information content (AvgIpc) is 2.30. The predicted molar refractivity (Wildman–Crippen MR) is 80.8 cm³/mol. The van der Waals surface area contributed by atoms with Crippen molar-refractivity contribution in [3.63, 3.8) is 0 Å². The van der Waals surface area contributed by atoms with Crippen molar-refractivity contribution in [1.29, 1.82) is 0 Å². The summed E-state index contributed by atoms with van der Waals surface area (Å²) in [5, 5.41) is 3.52. The van der Waals surface area contributed by atoms with E-state index in [0.717, 1.165) is 24.9 Å². The van der Waals surface area contributed by atoms with Gasteiger partial charge in [-0.15, -0.1) is 0 Å². The highest BCUT2D eigenvalue weighted by Gasteiger charge is 1.98. The van der Waals surface area contributed by atoms with Crippen molar-refractivity contribution in [2.75, 3.05) is 6.54 Å². The van der Waals surface area contributed by atoms with Crippen molar-refractivity contribution < 1.29 is 0 Å². The lowest BCUT2D eigenvalue weighted by Crippen LogP contribution is -2.15. The smallest absolute Gasteiger partial charge is 0.0205 e. The highest BCUT2D eigenvalue weighted by atomic mass is 14.8. The molecule has 1 rings (SSSR count). The van der Waals surface area contributed by atoms with Gasteiger partial charge in [-0.1, -0.05) is 52.0 Å². The zero-order chi connectivity index (χ0) is 13.4. The van der Waals surface area contributed by atoms with E-state index in [1.165, 1.54) is 30.4 Å². The van der Waals surface area contributed by atoms with Gasteiger partial charge < -0.3 is 5.32 Å². The normalized spacial score (nSPS) is 11.4. The Hall–Kier alpha value is -0.820. The molecule has 1 heteroatoms. The third-order valence-corrected chi connectivity index (χ3v) is 3.13. The van der Waals surface area contributed by atoms with E-state index in [1.807, 2.05) is 0 Å². The first kappa shape index (κ1) is 15.2. The topological polar surface area (TPSA) is 12.0 Å². The quantitative estimate of drug-likeness (QED) is 0.671. The van der Waals surface area contributed by atoms with Crippen LogP contribution in [0.15, 0.2) is 24.3 Å². The van der Waals surface area contributed by atoms with Crippen molar-refractivity contribution in [3.05, 3.63) is 35.4 Å². The molecule has 0 unspecified atom stereocenters. The van der Waals surface area contributed by atoms with Crippen LogP contribution in [0.5, 0.6) is 0 Å². The first-order chi connectivity index (χ1) is 8.58. The van der Waals surface area contributed by atoms with Crippen LogP contribution in [0.1, 0.15) is 51.7 Å². The molecule has 1 aromatic rings. The molecule has 0 spiro atoms. The van der Waals surface area contributed by atoms with Crippen molar-refractivity contribution in [2.24, 2.45) is 11.8 Å². The Bertz CT molecular complexity index is 311. The van der Waals surface area contributed by atoms with E-state index < -0.39 is 0 Å². The Labute approximate surface area is 113 Å². The number of nitrogens with one attached hydrogen (secondary N) is 1. The molecular weight excluding hydrogens is 218 g/mol. The molecule has 0 aliphatic rings. The fourth-order valence-corrected chi connectivity index (χ4v) is 2.13. The highest BCUT2D eigenvalue weighted by molar-refractivity contribution is 5.22. The molecule has 0 bridgehead atoms. The van der Waals surface area contributed by atoms with Crippen LogP contribution in [0.3, 0.4) is 0 Å². The van der Waals surface area contributed by atoms with Crippen LogP contribution in [-0.4, -0.2) is 6.54 Å². The molecule has 1 aromatic carbocycles. The maximum absolute atomic E-state index is 3.52. The summed E-state index contributed by atoms with van der Waals surface area (Å²) in [6.45, 7) is 11.2. The Kier molecular flexibility index (Phi) is 7.04. The maximum atomic E-state index is 3.52. The minimum absolute atomic E-state index is 0.741. The average molecular weight is 247 g/mol. The molecule has 0 amide bonds. The van der Waals surface area contributed by atoms with Gasteiger partial charge in [0.1, 0.15) is 0 Å². The Morgan fingerprint density at radius 2 is 1.50 bits per heavy atom. The lowest BCUT2D eigenvalue weighted by atomic mass is 10.0. The molecular formula is C17H29N. The third-order valence-electron chi connectivity index (χ3n) is 3.13. The van der Waals surface area contributed by atoms with Crippen LogP contribution >= 0.6 is 0 Å². The molecule has 0 saturated heterocycles. The van der Waals surface area contributed by atoms with Gasteiger partial charge in [-0.05, 0) is 48.8 Å². The van der Waals surface area contributed by atoms with Crippen LogP contribution in [-0.2, 0) is 13.0 Å². The summed E-state index contributed by atoms with van der Waals surface area (Å²) in [4.78, 5) is 0. The molecule has 0 fully saturated rings. The Balaban J connectivity index is 2.22. The van der Waals surface area contributed by atoms with Crippen LogP contribution in [0.25, 0.3) is 0 Å². The second-order valence-electron chi connectivity index (χ2n) is 6.13. The molecule has 1 N–H and O–H groups in total. The van der Waals surface area contributed by atoms with Gasteiger partial charge in [-0.2, -0.15) is 0 Å². The van der Waals surface area contributed by atoms with E-state index in [9.17, 15) is 0 Å².